The fourth-order valence-electron chi connectivity index (χ4n) is 2.13. The zero-order valence-corrected chi connectivity index (χ0v) is 12.8. The lowest BCUT2D eigenvalue weighted by Crippen LogP contribution is -2.24. The van der Waals surface area contributed by atoms with Crippen molar-refractivity contribution in [2.24, 2.45) is 0 Å². The maximum atomic E-state index is 12.9. The van der Waals surface area contributed by atoms with Crippen LogP contribution in [0.15, 0.2) is 54.6 Å². The van der Waals surface area contributed by atoms with Gasteiger partial charge in [0, 0.05) is 28.5 Å². The number of carboxylic acids is 1. The monoisotopic (exact) mass is 327 g/mol. The van der Waals surface area contributed by atoms with E-state index in [1.165, 1.54) is 23.5 Å². The number of carbonyl (C=O) groups excluding carboxylic acids is 1. The van der Waals surface area contributed by atoms with Crippen LogP contribution in [0.1, 0.15) is 4.88 Å². The van der Waals surface area contributed by atoms with E-state index in [1.54, 1.807) is 12.1 Å². The van der Waals surface area contributed by atoms with Crippen LogP contribution in [0.3, 0.4) is 0 Å². The molecule has 1 heterocycles. The van der Waals surface area contributed by atoms with Gasteiger partial charge in [-0.1, -0.05) is 30.3 Å². The molecule has 23 heavy (non-hydrogen) atoms. The minimum atomic E-state index is -1.15. The molecular weight excluding hydrogens is 315 g/mol. The number of anilines is 2. The Labute approximate surface area is 136 Å². The van der Waals surface area contributed by atoms with E-state index < -0.39 is 5.97 Å². The summed E-state index contributed by atoms with van der Waals surface area (Å²) < 4.78 is 12.9. The maximum absolute atomic E-state index is 12.9. The van der Waals surface area contributed by atoms with Gasteiger partial charge < -0.3 is 15.2 Å². The zero-order chi connectivity index (χ0) is 16.2. The average Bonchev–Trinajstić information content (AvgIpc) is 2.92. The molecule has 1 aromatic heterocycles. The fraction of sp³-hybridized carbons (Fsp3) is 0.0588. The van der Waals surface area contributed by atoms with Gasteiger partial charge in [0.05, 0.1) is 5.69 Å². The molecule has 0 amide bonds. The fourth-order valence-corrected chi connectivity index (χ4v) is 3.12. The van der Waals surface area contributed by atoms with Crippen molar-refractivity contribution in [2.75, 3.05) is 5.32 Å². The number of carboxylic acid groups (broad SMARTS) is 1. The van der Waals surface area contributed by atoms with E-state index in [0.29, 0.717) is 21.4 Å². The second kappa shape index (κ2) is 6.58. The highest BCUT2D eigenvalue weighted by Gasteiger charge is 2.13. The maximum Gasteiger partial charge on any atom is 0.187 e. The molecule has 6 heteroatoms. The quantitative estimate of drug-likeness (QED) is 0.782. The summed E-state index contributed by atoms with van der Waals surface area (Å²) in [7, 11) is 0. The lowest BCUT2D eigenvalue weighted by molar-refractivity contribution is -0.304. The molecule has 3 aromatic rings. The molecule has 0 spiro atoms. The third-order valence-electron chi connectivity index (χ3n) is 3.14. The number of hydrogen-bond donors (Lipinski definition) is 1. The summed E-state index contributed by atoms with van der Waals surface area (Å²) in [6.07, 6.45) is -0.201. The van der Waals surface area contributed by atoms with Crippen LogP contribution in [0, 0.1) is 5.82 Å². The van der Waals surface area contributed by atoms with Crippen LogP contribution in [0.4, 0.5) is 15.2 Å². The van der Waals surface area contributed by atoms with Crippen molar-refractivity contribution in [1.82, 2.24) is 4.98 Å². The Balaban J connectivity index is 1.94. The molecule has 0 aliphatic heterocycles. The van der Waals surface area contributed by atoms with Crippen molar-refractivity contribution in [3.63, 3.8) is 0 Å². The number of carbonyl (C=O) groups is 1. The number of hydrogen-bond acceptors (Lipinski definition) is 5. The standard InChI is InChI=1S/C17H13FN2O2S/c18-12-6-8-13(9-7-12)19-17-20-16(11-4-2-1-3-5-11)14(23-17)10-15(21)22/h1-9H,10H2,(H,19,20)(H,21,22)/p-1. The van der Waals surface area contributed by atoms with Crippen LogP contribution in [0.25, 0.3) is 11.3 Å². The van der Waals surface area contributed by atoms with Crippen molar-refractivity contribution < 1.29 is 14.3 Å². The first-order chi connectivity index (χ1) is 11.1. The summed E-state index contributed by atoms with van der Waals surface area (Å²) in [6.45, 7) is 0. The number of nitrogens with one attached hydrogen (secondary N) is 1. The van der Waals surface area contributed by atoms with E-state index in [-0.39, 0.29) is 12.2 Å². The Morgan fingerprint density at radius 2 is 1.83 bits per heavy atom. The van der Waals surface area contributed by atoms with Crippen LogP contribution in [-0.2, 0) is 11.2 Å². The second-order valence-electron chi connectivity index (χ2n) is 4.84. The molecule has 1 N–H and O–H groups in total. The van der Waals surface area contributed by atoms with Gasteiger partial charge >= 0.3 is 0 Å². The largest absolute Gasteiger partial charge is 0.550 e. The first-order valence-electron chi connectivity index (χ1n) is 6.89. The second-order valence-corrected chi connectivity index (χ2v) is 5.92. The van der Waals surface area contributed by atoms with E-state index in [0.717, 1.165) is 5.56 Å². The molecule has 0 unspecified atom stereocenters. The molecule has 3 rings (SSSR count). The molecule has 0 aliphatic rings. The SMILES string of the molecule is O=C([O-])Cc1sc(Nc2ccc(F)cc2)nc1-c1ccccc1. The number of aliphatic carboxylic acids is 1. The predicted octanol–water partition coefficient (Wildman–Crippen LogP) is 2.99. The van der Waals surface area contributed by atoms with Crippen molar-refractivity contribution in [3.8, 4) is 11.3 Å². The Kier molecular flexibility index (Phi) is 4.34. The number of halogens is 1. The van der Waals surface area contributed by atoms with Gasteiger partial charge in [-0.2, -0.15) is 0 Å². The average molecular weight is 327 g/mol. The van der Waals surface area contributed by atoms with Gasteiger partial charge in [0.1, 0.15) is 5.82 Å². The van der Waals surface area contributed by atoms with Crippen molar-refractivity contribution >= 4 is 28.1 Å². The lowest BCUT2D eigenvalue weighted by Gasteiger charge is -2.02. The smallest absolute Gasteiger partial charge is 0.187 e. The van der Waals surface area contributed by atoms with Crippen molar-refractivity contribution in [3.05, 3.63) is 65.3 Å². The van der Waals surface area contributed by atoms with Gasteiger partial charge in [-0.05, 0) is 24.3 Å². The summed E-state index contributed by atoms with van der Waals surface area (Å²) in [5.41, 5.74) is 2.14. The minimum Gasteiger partial charge on any atom is -0.550 e. The molecule has 116 valence electrons. The summed E-state index contributed by atoms with van der Waals surface area (Å²) in [6, 6.07) is 15.2. The number of aromatic nitrogens is 1. The summed E-state index contributed by atoms with van der Waals surface area (Å²) in [5, 5.41) is 14.6. The molecule has 0 bridgehead atoms. The summed E-state index contributed by atoms with van der Waals surface area (Å²) in [4.78, 5) is 16.0. The molecule has 0 fully saturated rings. The number of benzene rings is 2. The van der Waals surface area contributed by atoms with E-state index in [1.807, 2.05) is 30.3 Å². The van der Waals surface area contributed by atoms with Gasteiger partial charge in [-0.25, -0.2) is 9.37 Å². The third kappa shape index (κ3) is 3.73. The molecule has 2 aromatic carbocycles. The number of thiazole rings is 1. The van der Waals surface area contributed by atoms with E-state index in [2.05, 4.69) is 10.3 Å². The van der Waals surface area contributed by atoms with E-state index >= 15 is 0 Å². The molecule has 0 aliphatic carbocycles. The zero-order valence-electron chi connectivity index (χ0n) is 12.0. The van der Waals surface area contributed by atoms with Gasteiger partial charge in [0.2, 0.25) is 0 Å². The Hall–Kier alpha value is -2.73. The van der Waals surface area contributed by atoms with E-state index in [4.69, 9.17) is 0 Å². The summed E-state index contributed by atoms with van der Waals surface area (Å²) in [5.74, 6) is -1.48. The number of rotatable bonds is 5. The molecule has 0 saturated heterocycles. The van der Waals surface area contributed by atoms with Crippen LogP contribution in [-0.4, -0.2) is 11.0 Å². The van der Waals surface area contributed by atoms with Gasteiger partial charge in [0.15, 0.2) is 5.13 Å². The topological polar surface area (TPSA) is 65.0 Å². The van der Waals surface area contributed by atoms with Gasteiger partial charge in [-0.15, -0.1) is 11.3 Å². The number of nitrogens with zero attached hydrogens (tertiary/aromatic N) is 1. The normalized spacial score (nSPS) is 10.5. The van der Waals surface area contributed by atoms with Crippen LogP contribution in [0.2, 0.25) is 0 Å². The first-order valence-corrected chi connectivity index (χ1v) is 7.71. The summed E-state index contributed by atoms with van der Waals surface area (Å²) >= 11 is 1.24. The van der Waals surface area contributed by atoms with Crippen molar-refractivity contribution in [1.29, 1.82) is 0 Å². The first kappa shape index (κ1) is 15.2. The highest BCUT2D eigenvalue weighted by molar-refractivity contribution is 7.16. The molecule has 0 radical (unpaired) electrons. The molecule has 0 saturated carbocycles. The highest BCUT2D eigenvalue weighted by atomic mass is 32.1. The lowest BCUT2D eigenvalue weighted by atomic mass is 10.1. The Bertz CT molecular complexity index is 816. The van der Waals surface area contributed by atoms with Crippen molar-refractivity contribution in [2.45, 2.75) is 6.42 Å². The van der Waals surface area contributed by atoms with E-state index in [9.17, 15) is 14.3 Å². The molecule has 4 nitrogen and oxygen atoms in total. The molecule has 0 atom stereocenters. The van der Waals surface area contributed by atoms with Gasteiger partial charge in [0.25, 0.3) is 0 Å². The molecular formula is C17H12FN2O2S-. The van der Waals surface area contributed by atoms with Crippen LogP contribution >= 0.6 is 11.3 Å². The Morgan fingerprint density at radius 3 is 2.48 bits per heavy atom. The van der Waals surface area contributed by atoms with Crippen LogP contribution < -0.4 is 10.4 Å². The Morgan fingerprint density at radius 1 is 1.13 bits per heavy atom. The van der Waals surface area contributed by atoms with Crippen LogP contribution in [0.5, 0.6) is 0 Å². The minimum absolute atomic E-state index is 0.201. The van der Waals surface area contributed by atoms with Gasteiger partial charge in [-0.3, -0.25) is 0 Å². The third-order valence-corrected chi connectivity index (χ3v) is 4.12. The highest BCUT2D eigenvalue weighted by Crippen LogP contribution is 2.33. The predicted molar refractivity (Wildman–Crippen MR) is 85.9 cm³/mol.